The van der Waals surface area contributed by atoms with Gasteiger partial charge >= 0.3 is 0 Å². The van der Waals surface area contributed by atoms with Gasteiger partial charge in [0.2, 0.25) is 0 Å². The maximum Gasteiger partial charge on any atom is 0.124 e. The van der Waals surface area contributed by atoms with Crippen molar-refractivity contribution < 1.29 is 9.13 Å². The molecule has 0 amide bonds. The van der Waals surface area contributed by atoms with Crippen molar-refractivity contribution in [2.45, 2.75) is 13.5 Å². The number of aryl methyl sites for hydroxylation is 1. The van der Waals surface area contributed by atoms with Gasteiger partial charge in [-0.1, -0.05) is 0 Å². The van der Waals surface area contributed by atoms with Crippen LogP contribution in [0.2, 0.25) is 0 Å². The minimum Gasteiger partial charge on any atom is -0.398 e. The number of ether oxygens (including phenoxy) is 1. The molecule has 2 rings (SSSR count). The number of nitrogens with zero attached hydrogens (tertiary/aromatic N) is 1. The zero-order valence-corrected chi connectivity index (χ0v) is 9.25. The largest absolute Gasteiger partial charge is 0.398 e. The van der Waals surface area contributed by atoms with E-state index >= 15 is 0 Å². The Labute approximate surface area is 93.0 Å². The Morgan fingerprint density at radius 2 is 2.12 bits per heavy atom. The van der Waals surface area contributed by atoms with Crippen LogP contribution in [0.15, 0.2) is 18.2 Å². The predicted octanol–water partition coefficient (Wildman–Crippen LogP) is 2.41. The highest BCUT2D eigenvalue weighted by molar-refractivity contribution is 5.92. The molecule has 0 bridgehead atoms. The fourth-order valence-electron chi connectivity index (χ4n) is 1.76. The lowest BCUT2D eigenvalue weighted by Gasteiger charge is -2.08. The van der Waals surface area contributed by atoms with Crippen molar-refractivity contribution >= 4 is 16.6 Å². The van der Waals surface area contributed by atoms with Gasteiger partial charge in [-0.15, -0.1) is 0 Å². The number of anilines is 1. The Bertz CT molecular complexity index is 540. The molecule has 0 aliphatic carbocycles. The average Bonchev–Trinajstić information content (AvgIpc) is 2.20. The highest BCUT2D eigenvalue weighted by Crippen LogP contribution is 2.24. The highest BCUT2D eigenvalue weighted by Gasteiger charge is 2.07. The summed E-state index contributed by atoms with van der Waals surface area (Å²) in [6, 6.07) is 4.57. The van der Waals surface area contributed by atoms with E-state index in [1.54, 1.807) is 13.2 Å². The van der Waals surface area contributed by atoms with Gasteiger partial charge in [0, 0.05) is 18.2 Å². The van der Waals surface area contributed by atoms with Crippen molar-refractivity contribution in [3.05, 3.63) is 35.3 Å². The molecule has 16 heavy (non-hydrogen) atoms. The van der Waals surface area contributed by atoms with Crippen LogP contribution < -0.4 is 5.73 Å². The predicted molar refractivity (Wildman–Crippen MR) is 61.6 cm³/mol. The van der Waals surface area contributed by atoms with E-state index in [4.69, 9.17) is 10.5 Å². The number of nitrogens with two attached hydrogens (primary N) is 1. The van der Waals surface area contributed by atoms with Crippen LogP contribution in [0.4, 0.5) is 10.1 Å². The summed E-state index contributed by atoms with van der Waals surface area (Å²) in [5, 5.41) is 0.650. The molecular weight excluding hydrogens is 207 g/mol. The van der Waals surface area contributed by atoms with Crippen LogP contribution in [0.1, 0.15) is 11.3 Å². The van der Waals surface area contributed by atoms with Crippen molar-refractivity contribution in [1.29, 1.82) is 0 Å². The van der Waals surface area contributed by atoms with E-state index in [1.807, 2.05) is 6.92 Å². The molecule has 3 nitrogen and oxygen atoms in total. The van der Waals surface area contributed by atoms with E-state index in [2.05, 4.69) is 4.98 Å². The highest BCUT2D eigenvalue weighted by atomic mass is 19.1. The summed E-state index contributed by atoms with van der Waals surface area (Å²) in [4.78, 5) is 4.39. The van der Waals surface area contributed by atoms with Crippen molar-refractivity contribution in [2.24, 2.45) is 0 Å². The van der Waals surface area contributed by atoms with Gasteiger partial charge < -0.3 is 10.5 Å². The Morgan fingerprint density at radius 1 is 1.38 bits per heavy atom. The maximum absolute atomic E-state index is 13.2. The number of fused-ring (bicyclic) bond motifs is 1. The van der Waals surface area contributed by atoms with Gasteiger partial charge in [0.25, 0.3) is 0 Å². The average molecular weight is 220 g/mol. The second-order valence-electron chi connectivity index (χ2n) is 3.75. The number of pyridine rings is 1. The third kappa shape index (κ3) is 1.84. The smallest absolute Gasteiger partial charge is 0.124 e. The molecule has 1 aromatic carbocycles. The van der Waals surface area contributed by atoms with E-state index in [0.29, 0.717) is 17.7 Å². The number of rotatable bonds is 2. The summed E-state index contributed by atoms with van der Waals surface area (Å²) in [5.41, 5.74) is 8.65. The van der Waals surface area contributed by atoms with E-state index in [-0.39, 0.29) is 5.82 Å². The Morgan fingerprint density at radius 3 is 2.81 bits per heavy atom. The van der Waals surface area contributed by atoms with Gasteiger partial charge in [0.1, 0.15) is 5.82 Å². The number of nitrogen functional groups attached to an aromatic ring is 1. The van der Waals surface area contributed by atoms with Crippen LogP contribution in [0.3, 0.4) is 0 Å². The van der Waals surface area contributed by atoms with Crippen LogP contribution in [0.25, 0.3) is 10.9 Å². The van der Waals surface area contributed by atoms with E-state index in [9.17, 15) is 4.39 Å². The van der Waals surface area contributed by atoms with E-state index < -0.39 is 0 Å². The molecule has 0 spiro atoms. The lowest BCUT2D eigenvalue weighted by atomic mass is 10.1. The van der Waals surface area contributed by atoms with Gasteiger partial charge in [-0.25, -0.2) is 9.37 Å². The maximum atomic E-state index is 13.2. The van der Waals surface area contributed by atoms with Gasteiger partial charge in [-0.2, -0.15) is 0 Å². The minimum absolute atomic E-state index is 0.294. The summed E-state index contributed by atoms with van der Waals surface area (Å²) in [6.45, 7) is 2.21. The van der Waals surface area contributed by atoms with Gasteiger partial charge in [0.15, 0.2) is 0 Å². The molecule has 0 saturated heterocycles. The summed E-state index contributed by atoms with van der Waals surface area (Å²) in [5.74, 6) is -0.294. The standard InChI is InChI=1S/C12H13FN2O/c1-7-3-8(13)4-10-11(14)5-9(6-16-2)15-12(7)10/h3-5H,6H2,1-2H3,(H2,14,15). The molecule has 0 saturated carbocycles. The fourth-order valence-corrected chi connectivity index (χ4v) is 1.76. The second kappa shape index (κ2) is 4.06. The zero-order chi connectivity index (χ0) is 11.7. The molecule has 0 radical (unpaired) electrons. The van der Waals surface area contributed by atoms with Crippen molar-refractivity contribution in [2.75, 3.05) is 12.8 Å². The van der Waals surface area contributed by atoms with Crippen LogP contribution in [0.5, 0.6) is 0 Å². The summed E-state index contributed by atoms with van der Waals surface area (Å²) in [7, 11) is 1.60. The molecule has 84 valence electrons. The molecule has 4 heteroatoms. The van der Waals surface area contributed by atoms with Gasteiger partial charge in [0.05, 0.1) is 17.8 Å². The van der Waals surface area contributed by atoms with Crippen LogP contribution >= 0.6 is 0 Å². The quantitative estimate of drug-likeness (QED) is 0.845. The number of aromatic nitrogens is 1. The van der Waals surface area contributed by atoms with Crippen molar-refractivity contribution in [1.82, 2.24) is 4.98 Å². The molecule has 1 aromatic heterocycles. The van der Waals surface area contributed by atoms with Crippen LogP contribution in [-0.4, -0.2) is 12.1 Å². The zero-order valence-electron chi connectivity index (χ0n) is 9.25. The SMILES string of the molecule is COCc1cc(N)c2cc(F)cc(C)c2n1. The van der Waals surface area contributed by atoms with E-state index in [1.165, 1.54) is 12.1 Å². The van der Waals surface area contributed by atoms with Crippen molar-refractivity contribution in [3.63, 3.8) is 0 Å². The molecule has 0 unspecified atom stereocenters. The first kappa shape index (κ1) is 10.8. The molecule has 0 atom stereocenters. The summed E-state index contributed by atoms with van der Waals surface area (Å²) < 4.78 is 18.2. The monoisotopic (exact) mass is 220 g/mol. The number of methoxy groups -OCH3 is 1. The van der Waals surface area contributed by atoms with Gasteiger partial charge in [-0.3, -0.25) is 0 Å². The summed E-state index contributed by atoms with van der Waals surface area (Å²) in [6.07, 6.45) is 0. The molecule has 2 aromatic rings. The van der Waals surface area contributed by atoms with E-state index in [0.717, 1.165) is 16.8 Å². The lowest BCUT2D eigenvalue weighted by molar-refractivity contribution is 0.182. The summed E-state index contributed by atoms with van der Waals surface area (Å²) >= 11 is 0. The Kier molecular flexibility index (Phi) is 2.75. The molecule has 1 heterocycles. The Hall–Kier alpha value is -1.68. The fraction of sp³-hybridized carbons (Fsp3) is 0.250. The normalized spacial score (nSPS) is 10.9. The first-order valence-electron chi connectivity index (χ1n) is 4.96. The van der Waals surface area contributed by atoms with Gasteiger partial charge in [-0.05, 0) is 30.7 Å². The molecular formula is C12H13FN2O. The lowest BCUT2D eigenvalue weighted by Crippen LogP contribution is -1.99. The molecule has 2 N–H and O–H groups in total. The Balaban J connectivity index is 2.71. The number of benzene rings is 1. The van der Waals surface area contributed by atoms with Crippen LogP contribution in [-0.2, 0) is 11.3 Å². The number of hydrogen-bond donors (Lipinski definition) is 1. The third-order valence-electron chi connectivity index (χ3n) is 2.45. The number of halogens is 1. The second-order valence-corrected chi connectivity index (χ2v) is 3.75. The number of hydrogen-bond acceptors (Lipinski definition) is 3. The van der Waals surface area contributed by atoms with Crippen LogP contribution in [0, 0.1) is 12.7 Å². The molecule has 0 aliphatic heterocycles. The first-order chi connectivity index (χ1) is 7.61. The van der Waals surface area contributed by atoms with Crippen molar-refractivity contribution in [3.8, 4) is 0 Å². The minimum atomic E-state index is -0.294. The first-order valence-corrected chi connectivity index (χ1v) is 4.96. The topological polar surface area (TPSA) is 48.1 Å². The molecule has 0 fully saturated rings. The third-order valence-corrected chi connectivity index (χ3v) is 2.45. The molecule has 0 aliphatic rings.